The van der Waals surface area contributed by atoms with E-state index in [2.05, 4.69) is 86.5 Å². The van der Waals surface area contributed by atoms with Crippen molar-refractivity contribution in [3.63, 3.8) is 0 Å². The number of H-pyrrole nitrogens is 1. The van der Waals surface area contributed by atoms with Crippen LogP contribution < -0.4 is 25.6 Å². The van der Waals surface area contributed by atoms with Gasteiger partial charge in [-0.3, -0.25) is 9.59 Å². The highest BCUT2D eigenvalue weighted by atomic mass is 35.5. The summed E-state index contributed by atoms with van der Waals surface area (Å²) >= 11 is 13.9. The number of aromatic nitrogens is 4. The number of halogens is 2. The van der Waals surface area contributed by atoms with Crippen LogP contribution in [0.25, 0.3) is 11.4 Å². The summed E-state index contributed by atoms with van der Waals surface area (Å²) in [5.41, 5.74) is 5.12. The summed E-state index contributed by atoms with van der Waals surface area (Å²) < 4.78 is 5.64. The number of hydrogen-bond acceptors (Lipinski definition) is 8. The Morgan fingerprint density at radius 3 is 2.47 bits per heavy atom. The van der Waals surface area contributed by atoms with Gasteiger partial charge in [-0.2, -0.15) is 5.21 Å². The van der Waals surface area contributed by atoms with Crippen molar-refractivity contribution >= 4 is 46.4 Å². The van der Waals surface area contributed by atoms with E-state index in [0.29, 0.717) is 46.0 Å². The molecule has 0 unspecified atom stereocenters. The molecule has 4 aromatic carbocycles. The molecule has 0 aliphatic carbocycles. The monoisotopic (exact) mass is 752 g/mol. The molecule has 3 heterocycles. The molecule has 4 atom stereocenters. The topological polar surface area (TPSA) is 137 Å². The van der Waals surface area contributed by atoms with Crippen LogP contribution in [-0.4, -0.2) is 65.2 Å². The summed E-state index contributed by atoms with van der Waals surface area (Å²) in [5, 5.41) is 25.3. The van der Waals surface area contributed by atoms with Crippen LogP contribution in [0.3, 0.4) is 0 Å². The highest BCUT2D eigenvalue weighted by Gasteiger charge is 2.62. The smallest absolute Gasteiger partial charge is 0.251 e. The molecular weight excluding hydrogens is 711 g/mol. The van der Waals surface area contributed by atoms with Crippen molar-refractivity contribution in [3.8, 4) is 17.1 Å². The lowest BCUT2D eigenvalue weighted by Crippen LogP contribution is -2.48. The zero-order valence-corrected chi connectivity index (χ0v) is 31.7. The number of aromatic amines is 1. The maximum Gasteiger partial charge on any atom is 0.251 e. The molecule has 0 saturated carbocycles. The lowest BCUT2D eigenvalue weighted by Gasteiger charge is -2.40. The van der Waals surface area contributed by atoms with Crippen molar-refractivity contribution in [1.29, 1.82) is 0 Å². The van der Waals surface area contributed by atoms with E-state index in [0.717, 1.165) is 34.4 Å². The van der Waals surface area contributed by atoms with Crippen molar-refractivity contribution < 1.29 is 14.3 Å². The van der Waals surface area contributed by atoms with Gasteiger partial charge in [0.05, 0.1) is 18.8 Å². The first-order valence-electron chi connectivity index (χ1n) is 17.5. The van der Waals surface area contributed by atoms with Crippen molar-refractivity contribution in [2.45, 2.75) is 57.2 Å². The second-order valence-corrected chi connectivity index (χ2v) is 15.8. The second-order valence-electron chi connectivity index (χ2n) is 14.9. The summed E-state index contributed by atoms with van der Waals surface area (Å²) in [6.07, 6.45) is 0.765. The molecule has 0 radical (unpaired) electrons. The van der Waals surface area contributed by atoms with Gasteiger partial charge in [0.2, 0.25) is 11.7 Å². The van der Waals surface area contributed by atoms with Crippen LogP contribution >= 0.6 is 23.2 Å². The third-order valence-electron chi connectivity index (χ3n) is 10.4. The minimum atomic E-state index is -0.702. The molecule has 2 aliphatic rings. The number of benzene rings is 4. The van der Waals surface area contributed by atoms with Crippen molar-refractivity contribution in [3.05, 3.63) is 117 Å². The van der Waals surface area contributed by atoms with Gasteiger partial charge in [0.1, 0.15) is 5.75 Å². The third kappa shape index (κ3) is 6.96. The number of carbonyl (C=O) groups excluding carboxylic acids is 2. The molecule has 0 bridgehead atoms. The first-order valence-corrected chi connectivity index (χ1v) is 18.3. The molecule has 4 N–H and O–H groups in total. The summed E-state index contributed by atoms with van der Waals surface area (Å²) in [6, 6.07) is 26.1. The lowest BCUT2D eigenvalue weighted by molar-refractivity contribution is -0.118. The fraction of sp³-hybridized carbons (Fsp3) is 0.325. The molecule has 13 heteroatoms. The maximum atomic E-state index is 14.8. The standard InChI is InChI=1S/C40H42Cl2N8O3/c1-39(2,3)20-33-40(22-50(31-17-15-26(41)19-28(31)40)21-23-10-12-24(13-11-23)36-46-48-49-47-36)34(27-8-6-7-9-29(27)42)35(45-33)38(52)44-30-16-14-25(37(51)43-4)18-32(30)53-5/h6-19,33-35,45H,20-22H2,1-5H3,(H,43,51)(H,44,52)(H,46,47,48,49)/t33-,34-,35+,40-/m0/s1. The Kier molecular flexibility index (Phi) is 9.92. The zero-order chi connectivity index (χ0) is 37.5. The summed E-state index contributed by atoms with van der Waals surface area (Å²) in [5.74, 6) is 0.0153. The van der Waals surface area contributed by atoms with Gasteiger partial charge in [0.15, 0.2) is 0 Å². The lowest BCUT2D eigenvalue weighted by atomic mass is 9.63. The Bertz CT molecular complexity index is 2140. The van der Waals surface area contributed by atoms with Crippen molar-refractivity contribution in [2.75, 3.05) is 30.9 Å². The number of nitrogens with one attached hydrogen (secondary N) is 4. The molecule has 1 saturated heterocycles. The molecule has 11 nitrogen and oxygen atoms in total. The van der Waals surface area contributed by atoms with Gasteiger partial charge in [-0.05, 0) is 76.2 Å². The largest absolute Gasteiger partial charge is 0.495 e. The number of anilines is 2. The van der Waals surface area contributed by atoms with E-state index < -0.39 is 17.4 Å². The van der Waals surface area contributed by atoms with Gasteiger partial charge in [-0.15, -0.1) is 10.2 Å². The maximum absolute atomic E-state index is 14.8. The van der Waals surface area contributed by atoms with Gasteiger partial charge in [-0.1, -0.05) is 86.4 Å². The normalized spacial score (nSPS) is 20.7. The molecule has 1 spiro atoms. The van der Waals surface area contributed by atoms with Crippen LogP contribution in [0.1, 0.15) is 60.2 Å². The van der Waals surface area contributed by atoms with Crippen LogP contribution in [0.5, 0.6) is 5.75 Å². The Morgan fingerprint density at radius 2 is 1.79 bits per heavy atom. The Morgan fingerprint density at radius 1 is 1.02 bits per heavy atom. The van der Waals surface area contributed by atoms with Gasteiger partial charge in [0, 0.05) is 64.4 Å². The van der Waals surface area contributed by atoms with Crippen LogP contribution in [0.4, 0.5) is 11.4 Å². The van der Waals surface area contributed by atoms with E-state index in [9.17, 15) is 9.59 Å². The molecule has 2 aliphatic heterocycles. The van der Waals surface area contributed by atoms with E-state index in [-0.39, 0.29) is 23.3 Å². The number of amides is 2. The van der Waals surface area contributed by atoms with E-state index in [1.807, 2.05) is 42.5 Å². The highest BCUT2D eigenvalue weighted by Crippen LogP contribution is 2.59. The summed E-state index contributed by atoms with van der Waals surface area (Å²) in [7, 11) is 3.08. The van der Waals surface area contributed by atoms with Crippen LogP contribution in [0.15, 0.2) is 84.9 Å². The molecule has 5 aromatic rings. The predicted molar refractivity (Wildman–Crippen MR) is 208 cm³/mol. The molecule has 7 rings (SSSR count). The number of hydrogen-bond donors (Lipinski definition) is 4. The van der Waals surface area contributed by atoms with E-state index in [1.54, 1.807) is 25.2 Å². The quantitative estimate of drug-likeness (QED) is 0.126. The van der Waals surface area contributed by atoms with Crippen LogP contribution in [-0.2, 0) is 16.8 Å². The number of carbonyl (C=O) groups is 2. The number of fused-ring (bicyclic) bond motifs is 2. The number of tetrazole rings is 1. The number of nitrogens with zero attached hydrogens (tertiary/aromatic N) is 4. The first kappa shape index (κ1) is 36.4. The zero-order valence-electron chi connectivity index (χ0n) is 30.2. The average Bonchev–Trinajstić information content (AvgIpc) is 3.86. The highest BCUT2D eigenvalue weighted by molar-refractivity contribution is 6.31. The fourth-order valence-corrected chi connectivity index (χ4v) is 8.57. The van der Waals surface area contributed by atoms with Crippen molar-refractivity contribution in [2.24, 2.45) is 5.41 Å². The van der Waals surface area contributed by atoms with Gasteiger partial charge < -0.3 is 25.6 Å². The van der Waals surface area contributed by atoms with E-state index >= 15 is 0 Å². The first-order chi connectivity index (χ1) is 25.4. The number of ether oxygens (including phenoxy) is 1. The minimum absolute atomic E-state index is 0.100. The molecular formula is C40H42Cl2N8O3. The molecule has 53 heavy (non-hydrogen) atoms. The second kappa shape index (κ2) is 14.5. The fourth-order valence-electron chi connectivity index (χ4n) is 8.14. The molecule has 1 fully saturated rings. The molecule has 274 valence electrons. The third-order valence-corrected chi connectivity index (χ3v) is 10.9. The Balaban J connectivity index is 1.33. The summed E-state index contributed by atoms with van der Waals surface area (Å²) in [6.45, 7) is 7.88. The number of methoxy groups -OCH3 is 1. The molecule has 1 aromatic heterocycles. The van der Waals surface area contributed by atoms with Gasteiger partial charge >= 0.3 is 0 Å². The average molecular weight is 754 g/mol. The number of rotatable bonds is 9. The Hall–Kier alpha value is -4.97. The van der Waals surface area contributed by atoms with Gasteiger partial charge in [0.25, 0.3) is 5.91 Å². The SMILES string of the molecule is CNC(=O)c1ccc(NC(=O)[C@@H]2N[C@@H](CC(C)(C)C)[C@@]3(CN(Cc4ccc(-c5nn[nH]n5)cc4)c4ccc(Cl)cc43)[C@H]2c2ccccc2Cl)c(OC)c1. The summed E-state index contributed by atoms with van der Waals surface area (Å²) in [4.78, 5) is 29.5. The van der Waals surface area contributed by atoms with E-state index in [4.69, 9.17) is 27.9 Å². The van der Waals surface area contributed by atoms with E-state index in [1.165, 1.54) is 7.11 Å². The Labute approximate surface area is 318 Å². The minimum Gasteiger partial charge on any atom is -0.495 e. The molecule has 2 amide bonds. The van der Waals surface area contributed by atoms with Gasteiger partial charge in [-0.25, -0.2) is 0 Å². The van der Waals surface area contributed by atoms with Crippen LogP contribution in [0, 0.1) is 5.41 Å². The van der Waals surface area contributed by atoms with Crippen molar-refractivity contribution in [1.82, 2.24) is 31.3 Å². The predicted octanol–water partition coefficient (Wildman–Crippen LogP) is 7.00. The van der Waals surface area contributed by atoms with Crippen LogP contribution in [0.2, 0.25) is 10.0 Å².